The minimum absolute atomic E-state index is 0.716. The summed E-state index contributed by atoms with van der Waals surface area (Å²) < 4.78 is 2.58. The first kappa shape index (κ1) is 27.9. The SMILES string of the molecule is c1ccc(-c2nc(-c3ccc4sc5ccccc5c4c3)cc(-c3c4ccccc4c(-c4ccccc4)c4ccc5ccccc5c34)n2)cc1. The van der Waals surface area contributed by atoms with E-state index < -0.39 is 0 Å². The lowest BCUT2D eigenvalue weighted by Gasteiger charge is -2.19. The molecule has 228 valence electrons. The molecule has 8 aromatic carbocycles. The van der Waals surface area contributed by atoms with Crippen molar-refractivity contribution in [1.82, 2.24) is 9.97 Å². The van der Waals surface area contributed by atoms with Gasteiger partial charge < -0.3 is 0 Å². The first-order valence-corrected chi connectivity index (χ1v) is 17.4. The largest absolute Gasteiger partial charge is 0.228 e. The van der Waals surface area contributed by atoms with E-state index in [0.29, 0.717) is 5.82 Å². The Bertz CT molecular complexity index is 2870. The molecule has 0 spiro atoms. The van der Waals surface area contributed by atoms with Gasteiger partial charge in [-0.05, 0) is 62.3 Å². The molecule has 0 aliphatic heterocycles. The molecule has 0 fully saturated rings. The lowest BCUT2D eigenvalue weighted by atomic mass is 9.85. The molecule has 10 rings (SSSR count). The number of fused-ring (bicyclic) bond motifs is 7. The second kappa shape index (κ2) is 11.2. The van der Waals surface area contributed by atoms with Crippen LogP contribution in [0.5, 0.6) is 0 Å². The number of benzene rings is 8. The molecular formula is C46H28N2S. The van der Waals surface area contributed by atoms with Crippen molar-refractivity contribution in [2.45, 2.75) is 0 Å². The summed E-state index contributed by atoms with van der Waals surface area (Å²) in [5, 5.41) is 9.76. The summed E-state index contributed by atoms with van der Waals surface area (Å²) in [7, 11) is 0. The van der Waals surface area contributed by atoms with Crippen molar-refractivity contribution >= 4 is 63.8 Å². The minimum Gasteiger partial charge on any atom is -0.228 e. The van der Waals surface area contributed by atoms with Gasteiger partial charge in [-0.3, -0.25) is 0 Å². The van der Waals surface area contributed by atoms with Gasteiger partial charge in [-0.1, -0.05) is 146 Å². The summed E-state index contributed by atoms with van der Waals surface area (Å²) in [5.74, 6) is 0.716. The van der Waals surface area contributed by atoms with Crippen LogP contribution in [0.15, 0.2) is 170 Å². The highest BCUT2D eigenvalue weighted by atomic mass is 32.1. The first-order chi connectivity index (χ1) is 24.3. The maximum Gasteiger partial charge on any atom is 0.160 e. The number of hydrogen-bond donors (Lipinski definition) is 0. The van der Waals surface area contributed by atoms with E-state index >= 15 is 0 Å². The summed E-state index contributed by atoms with van der Waals surface area (Å²) >= 11 is 1.84. The van der Waals surface area contributed by atoms with Gasteiger partial charge in [-0.25, -0.2) is 9.97 Å². The van der Waals surface area contributed by atoms with Gasteiger partial charge in [0.1, 0.15) is 0 Å². The maximum atomic E-state index is 5.40. The van der Waals surface area contributed by atoms with Gasteiger partial charge in [0.2, 0.25) is 0 Å². The average molecular weight is 641 g/mol. The Morgan fingerprint density at radius 3 is 1.76 bits per heavy atom. The summed E-state index contributed by atoms with van der Waals surface area (Å²) in [6, 6.07) is 60.8. The number of nitrogens with zero attached hydrogens (tertiary/aromatic N) is 2. The fourth-order valence-corrected chi connectivity index (χ4v) is 8.54. The Morgan fingerprint density at radius 1 is 0.347 bits per heavy atom. The predicted octanol–water partition coefficient (Wildman–Crippen LogP) is 13.0. The normalized spacial score (nSPS) is 11.7. The minimum atomic E-state index is 0.716. The highest BCUT2D eigenvalue weighted by molar-refractivity contribution is 7.25. The van der Waals surface area contributed by atoms with Crippen LogP contribution in [0.4, 0.5) is 0 Å². The third-order valence-corrected chi connectivity index (χ3v) is 10.8. The van der Waals surface area contributed by atoms with E-state index in [1.54, 1.807) is 0 Å². The van der Waals surface area contributed by atoms with E-state index in [9.17, 15) is 0 Å². The van der Waals surface area contributed by atoms with Gasteiger partial charge in [-0.2, -0.15) is 0 Å². The van der Waals surface area contributed by atoms with E-state index in [1.807, 2.05) is 17.4 Å². The third-order valence-electron chi connectivity index (χ3n) is 9.66. The quantitative estimate of drug-likeness (QED) is 0.141. The van der Waals surface area contributed by atoms with Crippen molar-refractivity contribution in [2.75, 3.05) is 0 Å². The van der Waals surface area contributed by atoms with Crippen molar-refractivity contribution in [1.29, 1.82) is 0 Å². The van der Waals surface area contributed by atoms with E-state index in [0.717, 1.165) is 28.1 Å². The van der Waals surface area contributed by atoms with Crippen molar-refractivity contribution in [2.24, 2.45) is 0 Å². The summed E-state index contributed by atoms with van der Waals surface area (Å²) in [4.78, 5) is 10.7. The number of thiophene rings is 1. The second-order valence-corrected chi connectivity index (χ2v) is 13.6. The molecule has 0 aliphatic rings. The molecule has 0 unspecified atom stereocenters. The molecule has 0 saturated heterocycles. The Balaban J connectivity index is 1.34. The van der Waals surface area contributed by atoms with E-state index in [1.165, 1.54) is 63.6 Å². The standard InChI is InChI=1S/C46H28N2S/c1-3-14-30(15-4-1)43-35-20-9-10-21-36(35)45(44-33-18-8-7-13-29(33)23-25-37(43)44)40-28-39(47-46(48-40)31-16-5-2-6-17-31)32-24-26-42-38(27-32)34-19-11-12-22-41(34)49-42/h1-28H. The topological polar surface area (TPSA) is 25.8 Å². The Morgan fingerprint density at radius 2 is 0.959 bits per heavy atom. The zero-order chi connectivity index (χ0) is 32.3. The van der Waals surface area contributed by atoms with Crippen LogP contribution in [0.3, 0.4) is 0 Å². The summed E-state index contributed by atoms with van der Waals surface area (Å²) in [6.07, 6.45) is 0. The molecule has 0 atom stereocenters. The van der Waals surface area contributed by atoms with Crippen molar-refractivity contribution in [3.05, 3.63) is 170 Å². The molecule has 0 radical (unpaired) electrons. The fraction of sp³-hybridized carbons (Fsp3) is 0. The zero-order valence-corrected chi connectivity index (χ0v) is 27.3. The van der Waals surface area contributed by atoms with Crippen LogP contribution in [-0.4, -0.2) is 9.97 Å². The highest BCUT2D eigenvalue weighted by Crippen LogP contribution is 2.46. The molecule has 2 nitrogen and oxygen atoms in total. The first-order valence-electron chi connectivity index (χ1n) is 16.6. The van der Waals surface area contributed by atoms with Gasteiger partial charge in [0.15, 0.2) is 5.82 Å². The molecule has 49 heavy (non-hydrogen) atoms. The number of rotatable bonds is 4. The maximum absolute atomic E-state index is 5.40. The lowest BCUT2D eigenvalue weighted by molar-refractivity contribution is 1.19. The van der Waals surface area contributed by atoms with Gasteiger partial charge in [0.25, 0.3) is 0 Å². The van der Waals surface area contributed by atoms with Crippen molar-refractivity contribution < 1.29 is 0 Å². The van der Waals surface area contributed by atoms with Gasteiger partial charge >= 0.3 is 0 Å². The van der Waals surface area contributed by atoms with E-state index in [-0.39, 0.29) is 0 Å². The van der Waals surface area contributed by atoms with Crippen LogP contribution >= 0.6 is 11.3 Å². The van der Waals surface area contributed by atoms with E-state index in [4.69, 9.17) is 9.97 Å². The average Bonchev–Trinajstić information content (AvgIpc) is 3.55. The fourth-order valence-electron chi connectivity index (χ4n) is 7.45. The van der Waals surface area contributed by atoms with Crippen LogP contribution in [-0.2, 0) is 0 Å². The van der Waals surface area contributed by atoms with Crippen LogP contribution in [0.1, 0.15) is 0 Å². The predicted molar refractivity (Wildman–Crippen MR) is 209 cm³/mol. The summed E-state index contributed by atoms with van der Waals surface area (Å²) in [5.41, 5.74) is 7.47. The lowest BCUT2D eigenvalue weighted by Crippen LogP contribution is -1.98. The molecule has 0 amide bonds. The van der Waals surface area contributed by atoms with E-state index in [2.05, 4.69) is 164 Å². The van der Waals surface area contributed by atoms with Gasteiger partial charge in [0, 0.05) is 42.2 Å². The Hall–Kier alpha value is -6.16. The smallest absolute Gasteiger partial charge is 0.160 e. The molecule has 0 N–H and O–H groups in total. The molecule has 10 aromatic rings. The van der Waals surface area contributed by atoms with Gasteiger partial charge in [0.05, 0.1) is 11.4 Å². The monoisotopic (exact) mass is 640 g/mol. The molecule has 3 heteroatoms. The van der Waals surface area contributed by atoms with Gasteiger partial charge in [-0.15, -0.1) is 11.3 Å². The highest BCUT2D eigenvalue weighted by Gasteiger charge is 2.21. The van der Waals surface area contributed by atoms with Crippen molar-refractivity contribution in [3.8, 4) is 45.0 Å². The Kier molecular flexibility index (Phi) is 6.39. The molecule has 2 heterocycles. The zero-order valence-electron chi connectivity index (χ0n) is 26.5. The van der Waals surface area contributed by atoms with Crippen LogP contribution in [0.2, 0.25) is 0 Å². The third kappa shape index (κ3) is 4.55. The number of aromatic nitrogens is 2. The van der Waals surface area contributed by atoms with Crippen molar-refractivity contribution in [3.63, 3.8) is 0 Å². The molecular weight excluding hydrogens is 613 g/mol. The Labute approximate surface area is 287 Å². The van der Waals surface area contributed by atoms with Crippen LogP contribution < -0.4 is 0 Å². The van der Waals surface area contributed by atoms with Crippen LogP contribution in [0.25, 0.3) is 97.5 Å². The molecule has 0 aliphatic carbocycles. The van der Waals surface area contributed by atoms with Crippen LogP contribution in [0, 0.1) is 0 Å². The molecule has 0 bridgehead atoms. The number of hydrogen-bond acceptors (Lipinski definition) is 3. The summed E-state index contributed by atoms with van der Waals surface area (Å²) in [6.45, 7) is 0. The second-order valence-electron chi connectivity index (χ2n) is 12.5. The molecule has 0 saturated carbocycles. The molecule has 2 aromatic heterocycles.